The van der Waals surface area contributed by atoms with Crippen molar-refractivity contribution in [2.75, 3.05) is 5.32 Å². The lowest BCUT2D eigenvalue weighted by atomic mass is 10.3. The first-order valence-electron chi connectivity index (χ1n) is 6.36. The fraction of sp³-hybridized carbons (Fsp3) is 0.357. The van der Waals surface area contributed by atoms with E-state index >= 15 is 0 Å². The predicted octanol–water partition coefficient (Wildman–Crippen LogP) is 4.64. The number of aromatic nitrogens is 2. The third-order valence-corrected chi connectivity index (χ3v) is 3.47. The van der Waals surface area contributed by atoms with Gasteiger partial charge in [-0.15, -0.1) is 0 Å². The summed E-state index contributed by atoms with van der Waals surface area (Å²) >= 11 is 3.14. The zero-order chi connectivity index (χ0) is 13.8. The van der Waals surface area contributed by atoms with Crippen molar-refractivity contribution in [1.29, 1.82) is 0 Å². The van der Waals surface area contributed by atoms with Crippen LogP contribution in [0.15, 0.2) is 28.9 Å². The monoisotopic (exact) mass is 325 g/mol. The van der Waals surface area contributed by atoms with Gasteiger partial charge in [0.1, 0.15) is 5.82 Å². The standard InChI is InChI=1S/C14H17BrFN3/c1-3-4-7-19-9-10(2)17-14(19)18-11-5-6-12(15)13(16)8-11/h5-6,8-9H,3-4,7H2,1-2H3,(H,17,18). The van der Waals surface area contributed by atoms with Crippen molar-refractivity contribution < 1.29 is 4.39 Å². The van der Waals surface area contributed by atoms with Gasteiger partial charge in [0.2, 0.25) is 5.95 Å². The molecule has 19 heavy (non-hydrogen) atoms. The number of halogens is 2. The number of unbranched alkanes of at least 4 members (excludes halogenated alkanes) is 1. The Balaban J connectivity index is 2.19. The maximum Gasteiger partial charge on any atom is 0.207 e. The van der Waals surface area contributed by atoms with Crippen LogP contribution in [-0.2, 0) is 6.54 Å². The quantitative estimate of drug-likeness (QED) is 0.868. The number of hydrogen-bond acceptors (Lipinski definition) is 2. The highest BCUT2D eigenvalue weighted by molar-refractivity contribution is 9.10. The molecule has 1 heterocycles. The molecule has 0 unspecified atom stereocenters. The van der Waals surface area contributed by atoms with Crippen LogP contribution >= 0.6 is 15.9 Å². The maximum absolute atomic E-state index is 13.5. The third-order valence-electron chi connectivity index (χ3n) is 2.83. The number of benzene rings is 1. The predicted molar refractivity (Wildman–Crippen MR) is 79.3 cm³/mol. The van der Waals surface area contributed by atoms with Crippen molar-refractivity contribution in [3.05, 3.63) is 40.4 Å². The van der Waals surface area contributed by atoms with Crippen molar-refractivity contribution in [2.45, 2.75) is 33.2 Å². The van der Waals surface area contributed by atoms with E-state index in [0.29, 0.717) is 10.2 Å². The van der Waals surface area contributed by atoms with E-state index in [9.17, 15) is 4.39 Å². The smallest absolute Gasteiger partial charge is 0.207 e. The second-order valence-corrected chi connectivity index (χ2v) is 5.36. The number of nitrogens with zero attached hydrogens (tertiary/aromatic N) is 2. The summed E-state index contributed by atoms with van der Waals surface area (Å²) < 4.78 is 16.0. The van der Waals surface area contributed by atoms with Gasteiger partial charge in [0.25, 0.3) is 0 Å². The van der Waals surface area contributed by atoms with Gasteiger partial charge in [-0.25, -0.2) is 9.37 Å². The van der Waals surface area contributed by atoms with Crippen LogP contribution in [0.5, 0.6) is 0 Å². The molecule has 0 atom stereocenters. The second kappa shape index (κ2) is 6.19. The fourth-order valence-corrected chi connectivity index (χ4v) is 2.10. The van der Waals surface area contributed by atoms with Gasteiger partial charge >= 0.3 is 0 Å². The Morgan fingerprint density at radius 1 is 1.42 bits per heavy atom. The molecule has 0 aliphatic rings. The molecule has 2 rings (SSSR count). The molecule has 0 amide bonds. The Hall–Kier alpha value is -1.36. The normalized spacial score (nSPS) is 10.7. The molecule has 0 saturated heterocycles. The van der Waals surface area contributed by atoms with Crippen molar-refractivity contribution in [1.82, 2.24) is 9.55 Å². The summed E-state index contributed by atoms with van der Waals surface area (Å²) in [7, 11) is 0. The zero-order valence-corrected chi connectivity index (χ0v) is 12.7. The molecular weight excluding hydrogens is 309 g/mol. The van der Waals surface area contributed by atoms with Crippen molar-refractivity contribution in [2.24, 2.45) is 0 Å². The van der Waals surface area contributed by atoms with E-state index in [1.165, 1.54) is 6.07 Å². The van der Waals surface area contributed by atoms with Gasteiger partial charge in [-0.1, -0.05) is 13.3 Å². The first kappa shape index (κ1) is 14.1. The van der Waals surface area contributed by atoms with Crippen LogP contribution in [-0.4, -0.2) is 9.55 Å². The topological polar surface area (TPSA) is 29.9 Å². The summed E-state index contributed by atoms with van der Waals surface area (Å²) in [6, 6.07) is 4.96. The summed E-state index contributed by atoms with van der Waals surface area (Å²) in [5, 5.41) is 3.16. The van der Waals surface area contributed by atoms with E-state index in [-0.39, 0.29) is 5.82 Å². The average molecular weight is 326 g/mol. The van der Waals surface area contributed by atoms with Gasteiger partial charge in [0, 0.05) is 18.4 Å². The van der Waals surface area contributed by atoms with E-state index in [1.807, 2.05) is 19.2 Å². The number of anilines is 2. The van der Waals surface area contributed by atoms with Crippen molar-refractivity contribution >= 4 is 27.6 Å². The molecule has 1 aromatic carbocycles. The Bertz CT molecular complexity index is 566. The van der Waals surface area contributed by atoms with Crippen molar-refractivity contribution in [3.8, 4) is 0 Å². The van der Waals surface area contributed by atoms with Crippen molar-refractivity contribution in [3.63, 3.8) is 0 Å². The second-order valence-electron chi connectivity index (χ2n) is 4.51. The third kappa shape index (κ3) is 3.56. The molecule has 0 fully saturated rings. The average Bonchev–Trinajstić information content (AvgIpc) is 2.71. The summed E-state index contributed by atoms with van der Waals surface area (Å²) in [4.78, 5) is 4.43. The lowest BCUT2D eigenvalue weighted by Gasteiger charge is -2.09. The molecule has 5 heteroatoms. The molecule has 0 radical (unpaired) electrons. The first-order valence-corrected chi connectivity index (χ1v) is 7.15. The van der Waals surface area contributed by atoms with Gasteiger partial charge < -0.3 is 9.88 Å². The van der Waals surface area contributed by atoms with Crippen LogP contribution in [0, 0.1) is 12.7 Å². The van der Waals surface area contributed by atoms with Gasteiger partial charge in [-0.2, -0.15) is 0 Å². The lowest BCUT2D eigenvalue weighted by molar-refractivity contribution is 0.621. The summed E-state index contributed by atoms with van der Waals surface area (Å²) in [6.07, 6.45) is 4.23. The lowest BCUT2D eigenvalue weighted by Crippen LogP contribution is -2.03. The molecule has 102 valence electrons. The minimum Gasteiger partial charge on any atom is -0.326 e. The summed E-state index contributed by atoms with van der Waals surface area (Å²) in [5.74, 6) is 0.473. The molecule has 0 aliphatic heterocycles. The van der Waals surface area contributed by atoms with E-state index in [2.05, 4.69) is 37.7 Å². The highest BCUT2D eigenvalue weighted by atomic mass is 79.9. The fourth-order valence-electron chi connectivity index (χ4n) is 1.85. The minimum absolute atomic E-state index is 0.284. The molecule has 2 aromatic rings. The van der Waals surface area contributed by atoms with Gasteiger partial charge in [-0.3, -0.25) is 0 Å². The van der Waals surface area contributed by atoms with Gasteiger partial charge in [0.15, 0.2) is 0 Å². The Labute approximate surface area is 121 Å². The van der Waals surface area contributed by atoms with E-state index < -0.39 is 0 Å². The van der Waals surface area contributed by atoms with E-state index in [4.69, 9.17) is 0 Å². The van der Waals surface area contributed by atoms with Gasteiger partial charge in [0.05, 0.1) is 10.2 Å². The number of rotatable bonds is 5. The minimum atomic E-state index is -0.284. The number of imidazole rings is 1. The highest BCUT2D eigenvalue weighted by Crippen LogP contribution is 2.22. The molecule has 1 N–H and O–H groups in total. The van der Waals surface area contributed by atoms with Crippen LogP contribution in [0.1, 0.15) is 25.5 Å². The molecule has 1 aromatic heterocycles. The molecule has 0 bridgehead atoms. The largest absolute Gasteiger partial charge is 0.326 e. The first-order chi connectivity index (χ1) is 9.10. The number of hydrogen-bond donors (Lipinski definition) is 1. The molecule has 0 aliphatic carbocycles. The molecule has 0 saturated carbocycles. The summed E-state index contributed by atoms with van der Waals surface area (Å²) in [6.45, 7) is 5.02. The zero-order valence-electron chi connectivity index (χ0n) is 11.1. The molecule has 3 nitrogen and oxygen atoms in total. The van der Waals surface area contributed by atoms with E-state index in [0.717, 1.165) is 31.0 Å². The van der Waals surface area contributed by atoms with Crippen LogP contribution < -0.4 is 5.32 Å². The summed E-state index contributed by atoms with van der Waals surface area (Å²) in [5.41, 5.74) is 1.65. The SMILES string of the molecule is CCCCn1cc(C)nc1Nc1ccc(Br)c(F)c1. The highest BCUT2D eigenvalue weighted by Gasteiger charge is 2.07. The molecular formula is C14H17BrFN3. The van der Waals surface area contributed by atoms with E-state index in [1.54, 1.807) is 6.07 Å². The Morgan fingerprint density at radius 3 is 2.89 bits per heavy atom. The van der Waals surface area contributed by atoms with Crippen LogP contribution in [0.25, 0.3) is 0 Å². The number of nitrogens with one attached hydrogen (secondary N) is 1. The number of aryl methyl sites for hydroxylation is 2. The Kier molecular flexibility index (Phi) is 4.58. The van der Waals surface area contributed by atoms with Crippen LogP contribution in [0.3, 0.4) is 0 Å². The molecule has 0 spiro atoms. The van der Waals surface area contributed by atoms with Crippen LogP contribution in [0.4, 0.5) is 16.0 Å². The van der Waals surface area contributed by atoms with Gasteiger partial charge in [-0.05, 0) is 47.5 Å². The van der Waals surface area contributed by atoms with Crippen LogP contribution in [0.2, 0.25) is 0 Å². The maximum atomic E-state index is 13.5. The Morgan fingerprint density at radius 2 is 2.21 bits per heavy atom.